The number of nitrogens with one attached hydrogen (secondary N) is 2. The lowest BCUT2D eigenvalue weighted by molar-refractivity contribution is -0.132. The van der Waals surface area contributed by atoms with Crippen LogP contribution in [0.3, 0.4) is 0 Å². The Morgan fingerprint density at radius 2 is 1.91 bits per heavy atom. The van der Waals surface area contributed by atoms with Gasteiger partial charge in [-0.2, -0.15) is 13.2 Å². The number of aliphatic imine (C=N–C) groups is 1. The number of rotatable bonds is 8. The minimum Gasteiger partial charge on any atom is -0.375 e. The Labute approximate surface area is 139 Å². The topological polar surface area (TPSA) is 45.7 Å². The third-order valence-electron chi connectivity index (χ3n) is 2.73. The molecule has 1 aromatic rings. The summed E-state index contributed by atoms with van der Waals surface area (Å²) in [5, 5.41) is 6.48. The van der Waals surface area contributed by atoms with Crippen molar-refractivity contribution in [3.63, 3.8) is 0 Å². The third-order valence-corrected chi connectivity index (χ3v) is 2.98. The van der Waals surface area contributed by atoms with Gasteiger partial charge in [-0.15, -0.1) is 0 Å². The monoisotopic (exact) mass is 351 g/mol. The van der Waals surface area contributed by atoms with Gasteiger partial charge in [0.1, 0.15) is 0 Å². The highest BCUT2D eigenvalue weighted by molar-refractivity contribution is 6.30. The van der Waals surface area contributed by atoms with Gasteiger partial charge in [-0.1, -0.05) is 23.7 Å². The lowest BCUT2D eigenvalue weighted by Crippen LogP contribution is -2.39. The van der Waals surface area contributed by atoms with Crippen molar-refractivity contribution in [2.45, 2.75) is 26.1 Å². The first-order chi connectivity index (χ1) is 10.9. The Kier molecular flexibility index (Phi) is 8.79. The van der Waals surface area contributed by atoms with Crippen molar-refractivity contribution in [3.8, 4) is 0 Å². The highest BCUT2D eigenvalue weighted by atomic mass is 35.5. The van der Waals surface area contributed by atoms with Gasteiger partial charge in [0.2, 0.25) is 0 Å². The van der Waals surface area contributed by atoms with Gasteiger partial charge >= 0.3 is 6.18 Å². The zero-order valence-corrected chi connectivity index (χ0v) is 13.7. The minimum atomic E-state index is -4.19. The fourth-order valence-electron chi connectivity index (χ4n) is 1.65. The summed E-state index contributed by atoms with van der Waals surface area (Å²) in [5.41, 5.74) is 1.00. The molecule has 0 unspecified atom stereocenters. The maximum Gasteiger partial charge on any atom is 0.390 e. The van der Waals surface area contributed by atoms with Gasteiger partial charge in [0.25, 0.3) is 0 Å². The van der Waals surface area contributed by atoms with Gasteiger partial charge in [-0.25, -0.2) is 0 Å². The second-order valence-corrected chi connectivity index (χ2v) is 5.17. The molecule has 0 spiro atoms. The van der Waals surface area contributed by atoms with Crippen LogP contribution in [0.15, 0.2) is 29.3 Å². The minimum absolute atomic E-state index is 0.301. The van der Waals surface area contributed by atoms with E-state index in [4.69, 9.17) is 16.3 Å². The molecule has 1 rings (SSSR count). The van der Waals surface area contributed by atoms with Crippen LogP contribution in [0.1, 0.15) is 18.9 Å². The van der Waals surface area contributed by atoms with E-state index in [0.717, 1.165) is 5.56 Å². The number of nitrogens with zero attached hydrogens (tertiary/aromatic N) is 1. The van der Waals surface area contributed by atoms with Gasteiger partial charge in [0.15, 0.2) is 5.96 Å². The van der Waals surface area contributed by atoms with Crippen LogP contribution >= 0.6 is 11.6 Å². The summed E-state index contributed by atoms with van der Waals surface area (Å²) in [6.45, 7) is 3.42. The standard InChI is InChI=1S/C15H21ClF3N3O/c1-2-20-14(21-8-7-15(17,18)19)22-9-10-23-11-12-3-5-13(16)6-4-12/h3-6H,2,7-11H2,1H3,(H2,20,21,22). The predicted molar refractivity (Wildman–Crippen MR) is 85.8 cm³/mol. The van der Waals surface area contributed by atoms with Crippen molar-refractivity contribution in [2.24, 2.45) is 4.99 Å². The number of hydrogen-bond acceptors (Lipinski definition) is 2. The van der Waals surface area contributed by atoms with Crippen LogP contribution < -0.4 is 10.6 Å². The molecular weight excluding hydrogens is 331 g/mol. The van der Waals surface area contributed by atoms with Crippen LogP contribution in [0.2, 0.25) is 5.02 Å². The van der Waals surface area contributed by atoms with E-state index in [2.05, 4.69) is 15.6 Å². The lowest BCUT2D eigenvalue weighted by Gasteiger charge is -2.12. The van der Waals surface area contributed by atoms with Gasteiger partial charge < -0.3 is 15.4 Å². The van der Waals surface area contributed by atoms with Crippen LogP contribution in [-0.4, -0.2) is 38.4 Å². The fourth-order valence-corrected chi connectivity index (χ4v) is 1.77. The maximum absolute atomic E-state index is 12.1. The van der Waals surface area contributed by atoms with Crippen LogP contribution in [0.25, 0.3) is 0 Å². The molecule has 0 radical (unpaired) electrons. The third kappa shape index (κ3) is 10.0. The average Bonchev–Trinajstić information content (AvgIpc) is 2.47. The Bertz CT molecular complexity index is 478. The molecular formula is C15H21ClF3N3O. The summed E-state index contributed by atoms with van der Waals surface area (Å²) in [7, 11) is 0. The van der Waals surface area contributed by atoms with Crippen molar-refractivity contribution in [1.29, 1.82) is 0 Å². The highest BCUT2D eigenvalue weighted by Crippen LogP contribution is 2.18. The van der Waals surface area contributed by atoms with Gasteiger partial charge in [0, 0.05) is 18.1 Å². The SMILES string of the molecule is CCNC(=NCCC(F)(F)F)NCCOCc1ccc(Cl)cc1. The summed E-state index contributed by atoms with van der Waals surface area (Å²) >= 11 is 5.79. The van der Waals surface area contributed by atoms with Crippen molar-refractivity contribution in [2.75, 3.05) is 26.2 Å². The first kappa shape index (κ1) is 19.6. The van der Waals surface area contributed by atoms with Crippen molar-refractivity contribution in [3.05, 3.63) is 34.9 Å². The van der Waals surface area contributed by atoms with Gasteiger partial charge in [-0.3, -0.25) is 4.99 Å². The van der Waals surface area contributed by atoms with E-state index in [1.165, 1.54) is 0 Å². The number of halogens is 4. The van der Waals surface area contributed by atoms with E-state index in [-0.39, 0.29) is 6.54 Å². The van der Waals surface area contributed by atoms with Crippen LogP contribution in [-0.2, 0) is 11.3 Å². The summed E-state index contributed by atoms with van der Waals surface area (Å²) in [6, 6.07) is 7.32. The number of guanidine groups is 1. The molecule has 8 heteroatoms. The molecule has 0 amide bonds. The normalized spacial score (nSPS) is 12.3. The van der Waals surface area contributed by atoms with Crippen molar-refractivity contribution >= 4 is 17.6 Å². The van der Waals surface area contributed by atoms with Crippen LogP contribution in [0.5, 0.6) is 0 Å². The van der Waals surface area contributed by atoms with Gasteiger partial charge in [0.05, 0.1) is 26.2 Å². The van der Waals surface area contributed by atoms with E-state index < -0.39 is 12.6 Å². The molecule has 0 saturated carbocycles. The average molecular weight is 352 g/mol. The largest absolute Gasteiger partial charge is 0.390 e. The zero-order valence-electron chi connectivity index (χ0n) is 12.9. The molecule has 0 aliphatic heterocycles. The molecule has 0 heterocycles. The van der Waals surface area contributed by atoms with Crippen LogP contribution in [0, 0.1) is 0 Å². The summed E-state index contributed by atoms with van der Waals surface area (Å²) in [6.07, 6.45) is -5.13. The molecule has 0 atom stereocenters. The molecule has 4 nitrogen and oxygen atoms in total. The van der Waals surface area contributed by atoms with Crippen molar-refractivity contribution < 1.29 is 17.9 Å². The van der Waals surface area contributed by atoms with E-state index in [0.29, 0.717) is 37.3 Å². The molecule has 0 fully saturated rings. The molecule has 2 N–H and O–H groups in total. The Morgan fingerprint density at radius 3 is 2.52 bits per heavy atom. The second-order valence-electron chi connectivity index (χ2n) is 4.73. The number of ether oxygens (including phenoxy) is 1. The summed E-state index contributed by atoms with van der Waals surface area (Å²) < 4.78 is 41.8. The highest BCUT2D eigenvalue weighted by Gasteiger charge is 2.26. The van der Waals surface area contributed by atoms with E-state index in [1.54, 1.807) is 12.1 Å². The number of alkyl halides is 3. The quantitative estimate of drug-likeness (QED) is 0.429. The van der Waals surface area contributed by atoms with E-state index >= 15 is 0 Å². The smallest absolute Gasteiger partial charge is 0.375 e. The summed E-state index contributed by atoms with van der Waals surface area (Å²) in [4.78, 5) is 3.87. The van der Waals surface area contributed by atoms with E-state index in [1.807, 2.05) is 19.1 Å². The first-order valence-electron chi connectivity index (χ1n) is 7.32. The molecule has 0 aliphatic rings. The molecule has 0 saturated heterocycles. The molecule has 0 aromatic heterocycles. The first-order valence-corrected chi connectivity index (χ1v) is 7.69. The van der Waals surface area contributed by atoms with Crippen molar-refractivity contribution in [1.82, 2.24) is 10.6 Å². The zero-order chi connectivity index (χ0) is 17.1. The lowest BCUT2D eigenvalue weighted by atomic mass is 10.2. The second kappa shape index (κ2) is 10.3. The fraction of sp³-hybridized carbons (Fsp3) is 0.533. The predicted octanol–water partition coefficient (Wildman–Crippen LogP) is 3.36. The molecule has 23 heavy (non-hydrogen) atoms. The summed E-state index contributed by atoms with van der Waals surface area (Å²) in [5.74, 6) is 0.354. The van der Waals surface area contributed by atoms with Crippen LogP contribution in [0.4, 0.5) is 13.2 Å². The Morgan fingerprint density at radius 1 is 1.22 bits per heavy atom. The molecule has 130 valence electrons. The maximum atomic E-state index is 12.1. The number of hydrogen-bond donors (Lipinski definition) is 2. The van der Waals surface area contributed by atoms with Gasteiger partial charge in [-0.05, 0) is 24.6 Å². The molecule has 0 aliphatic carbocycles. The van der Waals surface area contributed by atoms with E-state index in [9.17, 15) is 13.2 Å². The Hall–Kier alpha value is -1.47. The Balaban J connectivity index is 2.24. The number of benzene rings is 1. The molecule has 0 bridgehead atoms. The molecule has 1 aromatic carbocycles.